The predicted octanol–water partition coefficient (Wildman–Crippen LogP) is 6.67. The fourth-order valence-electron chi connectivity index (χ4n) is 2.40. The van der Waals surface area contributed by atoms with E-state index >= 15 is 0 Å². The molecule has 0 N–H and O–H groups in total. The van der Waals surface area contributed by atoms with E-state index in [1.807, 2.05) is 80.6 Å². The molecule has 0 atom stereocenters. The number of hydrogen-bond acceptors (Lipinski definition) is 3. The molecule has 1 heterocycles. The van der Waals surface area contributed by atoms with Crippen molar-refractivity contribution < 1.29 is 0 Å². The smallest absolute Gasteiger partial charge is 0.0849 e. The van der Waals surface area contributed by atoms with Crippen LogP contribution in [0.3, 0.4) is 0 Å². The van der Waals surface area contributed by atoms with Crippen molar-refractivity contribution in [3.63, 3.8) is 0 Å². The van der Waals surface area contributed by atoms with Crippen molar-refractivity contribution in [3.8, 4) is 0 Å². The highest BCUT2D eigenvalue weighted by Crippen LogP contribution is 2.25. The van der Waals surface area contributed by atoms with Gasteiger partial charge in [0.2, 0.25) is 0 Å². The average molecular weight is 382 g/mol. The van der Waals surface area contributed by atoms with Crippen LogP contribution in [0.5, 0.6) is 0 Å². The summed E-state index contributed by atoms with van der Waals surface area (Å²) in [6, 6.07) is 20.7. The monoisotopic (exact) mass is 381 g/mol. The lowest BCUT2D eigenvalue weighted by atomic mass is 10.2. The summed E-state index contributed by atoms with van der Waals surface area (Å²) in [4.78, 5) is 13.9. The number of pyridine rings is 1. The van der Waals surface area contributed by atoms with E-state index in [-0.39, 0.29) is 0 Å². The molecule has 130 valence electrons. The van der Waals surface area contributed by atoms with Crippen LogP contribution in [0.15, 0.2) is 76.7 Å². The fourth-order valence-corrected chi connectivity index (χ4v) is 2.75. The van der Waals surface area contributed by atoms with E-state index in [0.717, 1.165) is 34.2 Å². The normalized spacial score (nSPS) is 12.3. The molecule has 0 aliphatic heterocycles. The number of halogens is 2. The highest BCUT2D eigenvalue weighted by Gasteiger charge is 2.06. The first-order valence-corrected chi connectivity index (χ1v) is 8.87. The summed E-state index contributed by atoms with van der Waals surface area (Å²) in [6.07, 6.45) is 0. The minimum atomic E-state index is 0.611. The number of aliphatic imine (C=N–C) groups is 2. The lowest BCUT2D eigenvalue weighted by Crippen LogP contribution is -2.05. The average Bonchev–Trinajstić information content (AvgIpc) is 2.65. The first-order valence-electron chi connectivity index (χ1n) is 8.12. The van der Waals surface area contributed by atoms with Crippen LogP contribution in [-0.4, -0.2) is 16.4 Å². The molecule has 0 bridgehead atoms. The Bertz CT molecular complexity index is 917. The summed E-state index contributed by atoms with van der Waals surface area (Å²) in [6.45, 7) is 3.83. The molecule has 1 aromatic heterocycles. The van der Waals surface area contributed by atoms with Crippen molar-refractivity contribution in [1.29, 1.82) is 0 Å². The zero-order valence-corrected chi connectivity index (χ0v) is 16.0. The van der Waals surface area contributed by atoms with Crippen LogP contribution in [-0.2, 0) is 0 Å². The van der Waals surface area contributed by atoms with Crippen LogP contribution in [0.25, 0.3) is 0 Å². The van der Waals surface area contributed by atoms with E-state index in [2.05, 4.69) is 15.0 Å². The molecule has 0 saturated carbocycles. The minimum absolute atomic E-state index is 0.611. The number of aromatic nitrogens is 1. The van der Waals surface area contributed by atoms with Gasteiger partial charge in [-0.1, -0.05) is 53.5 Å². The molecular weight excluding hydrogens is 365 g/mol. The van der Waals surface area contributed by atoms with Crippen LogP contribution in [0.2, 0.25) is 10.0 Å². The third-order valence-electron chi connectivity index (χ3n) is 3.77. The summed E-state index contributed by atoms with van der Waals surface area (Å²) in [5.41, 5.74) is 4.56. The maximum absolute atomic E-state index is 6.18. The van der Waals surface area contributed by atoms with Gasteiger partial charge in [-0.05, 0) is 50.2 Å². The van der Waals surface area contributed by atoms with E-state index in [1.165, 1.54) is 0 Å². The molecule has 0 unspecified atom stereocenters. The number of para-hydroxylation sites is 2. The highest BCUT2D eigenvalue weighted by atomic mass is 35.5. The van der Waals surface area contributed by atoms with Crippen molar-refractivity contribution in [2.45, 2.75) is 13.8 Å². The van der Waals surface area contributed by atoms with Gasteiger partial charge in [-0.3, -0.25) is 0 Å². The van der Waals surface area contributed by atoms with Crippen molar-refractivity contribution in [3.05, 3.63) is 88.2 Å². The summed E-state index contributed by atoms with van der Waals surface area (Å²) in [5, 5.41) is 1.22. The second-order valence-electron chi connectivity index (χ2n) is 5.71. The maximum atomic E-state index is 6.18. The van der Waals surface area contributed by atoms with Gasteiger partial charge in [0.05, 0.1) is 44.2 Å². The Balaban J connectivity index is 1.93. The van der Waals surface area contributed by atoms with Gasteiger partial charge < -0.3 is 0 Å². The molecule has 0 aliphatic carbocycles. The highest BCUT2D eigenvalue weighted by molar-refractivity contribution is 6.33. The number of rotatable bonds is 4. The first-order chi connectivity index (χ1) is 12.5. The van der Waals surface area contributed by atoms with Gasteiger partial charge in [-0.15, -0.1) is 0 Å². The zero-order chi connectivity index (χ0) is 18.5. The second kappa shape index (κ2) is 8.26. The van der Waals surface area contributed by atoms with Crippen molar-refractivity contribution in [2.24, 2.45) is 9.98 Å². The molecule has 0 radical (unpaired) electrons. The van der Waals surface area contributed by atoms with Crippen molar-refractivity contribution in [2.75, 3.05) is 0 Å². The molecule has 0 spiro atoms. The second-order valence-corrected chi connectivity index (χ2v) is 6.52. The molecule has 3 aromatic rings. The van der Waals surface area contributed by atoms with E-state index in [9.17, 15) is 0 Å². The molecule has 3 nitrogen and oxygen atoms in total. The standard InChI is InChI=1S/C21H17Cl2N3/c1-14(24-20-10-5-3-8-16(20)22)18-12-7-13-19(26-18)15(2)25-21-11-6-4-9-17(21)23/h3-13H,1-2H3. The SMILES string of the molecule is CC(=Nc1ccccc1Cl)c1cccc(C(C)=Nc2ccccc2Cl)n1. The molecule has 0 amide bonds. The first kappa shape index (κ1) is 18.3. The maximum Gasteiger partial charge on any atom is 0.0849 e. The lowest BCUT2D eigenvalue weighted by molar-refractivity contribution is 1.24. The molecule has 0 saturated heterocycles. The molecule has 0 aliphatic rings. The van der Waals surface area contributed by atoms with Gasteiger partial charge in [0.25, 0.3) is 0 Å². The van der Waals surface area contributed by atoms with E-state index in [1.54, 1.807) is 0 Å². The molecule has 2 aromatic carbocycles. The van der Waals surface area contributed by atoms with Gasteiger partial charge in [-0.25, -0.2) is 15.0 Å². The molecule has 5 heteroatoms. The fraction of sp³-hybridized carbons (Fsp3) is 0.0952. The Morgan fingerprint density at radius 3 is 1.50 bits per heavy atom. The van der Waals surface area contributed by atoms with E-state index < -0.39 is 0 Å². The molecular formula is C21H17Cl2N3. The van der Waals surface area contributed by atoms with Gasteiger partial charge in [0, 0.05) is 0 Å². The summed E-state index contributed by atoms with van der Waals surface area (Å²) < 4.78 is 0. The molecule has 26 heavy (non-hydrogen) atoms. The van der Waals surface area contributed by atoms with Crippen LogP contribution >= 0.6 is 23.2 Å². The molecule has 0 fully saturated rings. The minimum Gasteiger partial charge on any atom is -0.250 e. The van der Waals surface area contributed by atoms with Crippen LogP contribution in [0.1, 0.15) is 25.2 Å². The lowest BCUT2D eigenvalue weighted by Gasteiger charge is -2.06. The Morgan fingerprint density at radius 2 is 1.08 bits per heavy atom. The Hall–Kier alpha value is -2.49. The van der Waals surface area contributed by atoms with E-state index in [4.69, 9.17) is 23.2 Å². The van der Waals surface area contributed by atoms with E-state index in [0.29, 0.717) is 10.0 Å². The van der Waals surface area contributed by atoms with Crippen molar-refractivity contribution >= 4 is 46.0 Å². The van der Waals surface area contributed by atoms with Gasteiger partial charge in [-0.2, -0.15) is 0 Å². The number of nitrogens with zero attached hydrogens (tertiary/aromatic N) is 3. The number of benzene rings is 2. The van der Waals surface area contributed by atoms with Gasteiger partial charge in [0.15, 0.2) is 0 Å². The van der Waals surface area contributed by atoms with Crippen LogP contribution < -0.4 is 0 Å². The topological polar surface area (TPSA) is 37.6 Å². The molecule has 3 rings (SSSR count). The largest absolute Gasteiger partial charge is 0.250 e. The Labute approximate surface area is 163 Å². The summed E-state index contributed by atoms with van der Waals surface area (Å²) in [5.74, 6) is 0. The van der Waals surface area contributed by atoms with Crippen LogP contribution in [0.4, 0.5) is 11.4 Å². The quantitative estimate of drug-likeness (QED) is 0.464. The van der Waals surface area contributed by atoms with Gasteiger partial charge in [0.1, 0.15) is 0 Å². The van der Waals surface area contributed by atoms with Gasteiger partial charge >= 0.3 is 0 Å². The Kier molecular flexibility index (Phi) is 5.82. The number of hydrogen-bond donors (Lipinski definition) is 0. The Morgan fingerprint density at radius 1 is 0.654 bits per heavy atom. The van der Waals surface area contributed by atoms with Crippen molar-refractivity contribution in [1.82, 2.24) is 4.98 Å². The van der Waals surface area contributed by atoms with Crippen LogP contribution in [0, 0.1) is 0 Å². The third-order valence-corrected chi connectivity index (χ3v) is 4.41. The zero-order valence-electron chi connectivity index (χ0n) is 14.4. The third kappa shape index (κ3) is 4.37. The predicted molar refractivity (Wildman–Crippen MR) is 111 cm³/mol. The summed E-state index contributed by atoms with van der Waals surface area (Å²) >= 11 is 12.4. The summed E-state index contributed by atoms with van der Waals surface area (Å²) in [7, 11) is 0.